The minimum Gasteiger partial charge on any atom is -0.481 e. The van der Waals surface area contributed by atoms with E-state index in [4.69, 9.17) is 32.9 Å². The smallest absolute Gasteiger partial charge is 0.315 e. The third-order valence-electron chi connectivity index (χ3n) is 8.51. The highest BCUT2D eigenvalue weighted by Crippen LogP contribution is 2.43. The number of carbonyl (C=O) groups excluding carboxylic acids is 2. The van der Waals surface area contributed by atoms with Gasteiger partial charge in [-0.3, -0.25) is 4.79 Å². The van der Waals surface area contributed by atoms with Crippen molar-refractivity contribution in [1.29, 1.82) is 0 Å². The number of nitrogens with one attached hydrogen (secondary N) is 5. The summed E-state index contributed by atoms with van der Waals surface area (Å²) in [4.78, 5) is 28.3. The summed E-state index contributed by atoms with van der Waals surface area (Å²) in [7, 11) is 3.21. The predicted octanol–water partition coefficient (Wildman–Crippen LogP) is 5.84. The van der Waals surface area contributed by atoms with Crippen molar-refractivity contribution in [2.45, 2.75) is 38.0 Å². The molecule has 11 heteroatoms. The summed E-state index contributed by atoms with van der Waals surface area (Å²) < 4.78 is 5.64. The van der Waals surface area contributed by atoms with E-state index in [2.05, 4.69) is 38.7 Å². The maximum absolute atomic E-state index is 12.0. The van der Waals surface area contributed by atoms with Gasteiger partial charge in [-0.1, -0.05) is 77.8 Å². The monoisotopic (exact) mass is 658 g/mol. The van der Waals surface area contributed by atoms with Crippen molar-refractivity contribution in [3.05, 3.63) is 93.5 Å². The minimum absolute atomic E-state index is 0.102. The van der Waals surface area contributed by atoms with Crippen molar-refractivity contribution in [1.82, 2.24) is 31.6 Å². The number of nitrogens with zero attached hydrogens (tertiary/aromatic N) is 1. The number of rotatable bonds is 9. The normalized spacial score (nSPS) is 17.3. The van der Waals surface area contributed by atoms with Crippen LogP contribution in [0.25, 0.3) is 33.5 Å². The van der Waals surface area contributed by atoms with E-state index in [1.807, 2.05) is 54.6 Å². The lowest BCUT2D eigenvalue weighted by atomic mass is 9.91. The lowest BCUT2D eigenvalue weighted by molar-refractivity contribution is -0.119. The number of amides is 3. The van der Waals surface area contributed by atoms with Gasteiger partial charge in [0.25, 0.3) is 0 Å². The summed E-state index contributed by atoms with van der Waals surface area (Å²) >= 11 is 14.2. The van der Waals surface area contributed by atoms with Gasteiger partial charge in [-0.05, 0) is 35.2 Å². The molecular formula is C35H36Cl2N6O3. The van der Waals surface area contributed by atoms with E-state index in [0.717, 1.165) is 50.9 Å². The van der Waals surface area contributed by atoms with Crippen LogP contribution in [0.2, 0.25) is 10.0 Å². The molecular weight excluding hydrogens is 623 g/mol. The molecule has 3 amide bonds. The topological polar surface area (TPSA) is 116 Å². The Bertz CT molecular complexity index is 1780. The summed E-state index contributed by atoms with van der Waals surface area (Å²) in [6, 6.07) is 21.7. The molecule has 0 radical (unpaired) electrons. The first-order valence-electron chi connectivity index (χ1n) is 15.3. The van der Waals surface area contributed by atoms with Crippen LogP contribution < -0.4 is 31.3 Å². The second-order valence-corrected chi connectivity index (χ2v) is 12.2. The van der Waals surface area contributed by atoms with E-state index in [9.17, 15) is 9.59 Å². The van der Waals surface area contributed by atoms with Gasteiger partial charge in [0.1, 0.15) is 0 Å². The highest BCUT2D eigenvalue weighted by Gasteiger charge is 2.23. The molecule has 46 heavy (non-hydrogen) atoms. The number of urea groups is 1. The number of carbonyl (C=O) groups is 2. The molecule has 2 aliphatic rings. The van der Waals surface area contributed by atoms with Crippen molar-refractivity contribution >= 4 is 35.1 Å². The zero-order valence-electron chi connectivity index (χ0n) is 25.7. The van der Waals surface area contributed by atoms with Crippen LogP contribution in [-0.4, -0.2) is 50.2 Å². The number of pyridine rings is 1. The van der Waals surface area contributed by atoms with Crippen LogP contribution in [0, 0.1) is 0 Å². The quantitative estimate of drug-likeness (QED) is 0.154. The number of methoxy groups -OCH3 is 1. The number of ether oxygens (including phenoxy) is 1. The van der Waals surface area contributed by atoms with Crippen molar-refractivity contribution in [3.63, 3.8) is 0 Å². The fraction of sp³-hybridized carbons (Fsp3) is 0.286. The highest BCUT2D eigenvalue weighted by atomic mass is 35.5. The van der Waals surface area contributed by atoms with Gasteiger partial charge in [0, 0.05) is 73.5 Å². The van der Waals surface area contributed by atoms with E-state index in [-0.39, 0.29) is 24.0 Å². The number of hydrogen-bond donors (Lipinski definition) is 5. The largest absolute Gasteiger partial charge is 0.481 e. The number of aromatic nitrogens is 1. The zero-order valence-corrected chi connectivity index (χ0v) is 27.2. The van der Waals surface area contributed by atoms with E-state index >= 15 is 0 Å². The molecule has 5 N–H and O–H groups in total. The summed E-state index contributed by atoms with van der Waals surface area (Å²) in [5, 5.41) is 16.5. The molecule has 1 fully saturated rings. The fourth-order valence-corrected chi connectivity index (χ4v) is 6.79. The molecule has 2 atom stereocenters. The predicted molar refractivity (Wildman–Crippen MR) is 182 cm³/mol. The highest BCUT2D eigenvalue weighted by molar-refractivity contribution is 6.39. The SMILES string of the molecule is CNC(=O)NC1CNCc2cc(-c3cccc(-c4cccc(-c5ccc(CNC[C@@H]6CCC(=O)N6)c(OC)n5)c4Cl)c3Cl)ccc21. The molecule has 3 heterocycles. The van der Waals surface area contributed by atoms with Gasteiger partial charge in [0.05, 0.1) is 28.9 Å². The van der Waals surface area contributed by atoms with Gasteiger partial charge < -0.3 is 31.3 Å². The molecule has 1 unspecified atom stereocenters. The number of benzene rings is 3. The Labute approximate surface area is 278 Å². The fourth-order valence-electron chi connectivity index (χ4n) is 6.13. The lowest BCUT2D eigenvalue weighted by Crippen LogP contribution is -2.42. The van der Waals surface area contributed by atoms with Gasteiger partial charge in [-0.25, -0.2) is 9.78 Å². The Morgan fingerprint density at radius 3 is 2.46 bits per heavy atom. The second-order valence-electron chi connectivity index (χ2n) is 11.5. The zero-order chi connectivity index (χ0) is 32.2. The van der Waals surface area contributed by atoms with Crippen LogP contribution in [0.3, 0.4) is 0 Å². The van der Waals surface area contributed by atoms with Crippen molar-refractivity contribution in [2.24, 2.45) is 0 Å². The molecule has 4 aromatic rings. The number of hydrogen-bond acceptors (Lipinski definition) is 6. The maximum atomic E-state index is 12.0. The Balaban J connectivity index is 1.26. The molecule has 0 bridgehead atoms. The Morgan fingerprint density at radius 1 is 1.00 bits per heavy atom. The average Bonchev–Trinajstić information content (AvgIpc) is 3.49. The van der Waals surface area contributed by atoms with E-state index in [1.54, 1.807) is 14.2 Å². The van der Waals surface area contributed by atoms with Crippen molar-refractivity contribution < 1.29 is 14.3 Å². The van der Waals surface area contributed by atoms with Crippen LogP contribution in [0.5, 0.6) is 5.88 Å². The number of halogens is 2. The first-order chi connectivity index (χ1) is 22.4. The molecule has 2 aliphatic heterocycles. The van der Waals surface area contributed by atoms with Gasteiger partial charge in [0.2, 0.25) is 11.8 Å². The van der Waals surface area contributed by atoms with E-state index < -0.39 is 0 Å². The molecule has 1 aromatic heterocycles. The summed E-state index contributed by atoms with van der Waals surface area (Å²) in [5.74, 6) is 0.613. The summed E-state index contributed by atoms with van der Waals surface area (Å²) in [5.41, 5.74) is 8.03. The van der Waals surface area contributed by atoms with Gasteiger partial charge in [-0.2, -0.15) is 0 Å². The minimum atomic E-state index is -0.216. The van der Waals surface area contributed by atoms with Crippen LogP contribution in [0.15, 0.2) is 66.7 Å². The summed E-state index contributed by atoms with van der Waals surface area (Å²) in [6.45, 7) is 2.60. The molecule has 0 saturated carbocycles. The Kier molecular flexibility index (Phi) is 9.75. The first kappa shape index (κ1) is 31.8. The van der Waals surface area contributed by atoms with Gasteiger partial charge >= 0.3 is 6.03 Å². The first-order valence-corrected chi connectivity index (χ1v) is 16.1. The molecule has 6 rings (SSSR count). The second kappa shape index (κ2) is 14.1. The van der Waals surface area contributed by atoms with Crippen LogP contribution in [-0.2, 0) is 17.9 Å². The third-order valence-corrected chi connectivity index (χ3v) is 9.33. The van der Waals surface area contributed by atoms with Crippen LogP contribution >= 0.6 is 23.2 Å². The number of fused-ring (bicyclic) bond motifs is 1. The molecule has 0 aliphatic carbocycles. The third kappa shape index (κ3) is 6.69. The standard InChI is InChI=1S/C35H36Cl2N6O3/c1-38-35(45)43-30-19-40-17-22-15-20(9-12-24(22)30)25-5-3-6-26(32(25)36)27-7-4-8-28(33(27)37)29-13-10-21(34(42-29)46-2)16-39-18-23-11-14-31(44)41-23/h3-10,12-13,15,23,30,39-40H,11,14,16-19H2,1-2H3,(H,41,44)(H2,38,43,45)/t23-,30?/m0/s1. The molecule has 0 spiro atoms. The molecule has 3 aromatic carbocycles. The van der Waals surface area contributed by atoms with Gasteiger partial charge in [-0.15, -0.1) is 0 Å². The Morgan fingerprint density at radius 2 is 1.74 bits per heavy atom. The van der Waals surface area contributed by atoms with E-state index in [1.165, 1.54) is 0 Å². The molecule has 238 valence electrons. The van der Waals surface area contributed by atoms with Crippen LogP contribution in [0.4, 0.5) is 4.79 Å². The lowest BCUT2D eigenvalue weighted by Gasteiger charge is -2.27. The van der Waals surface area contributed by atoms with E-state index in [0.29, 0.717) is 54.2 Å². The molecule has 9 nitrogen and oxygen atoms in total. The summed E-state index contributed by atoms with van der Waals surface area (Å²) in [6.07, 6.45) is 1.41. The van der Waals surface area contributed by atoms with Crippen molar-refractivity contribution in [3.8, 4) is 39.4 Å². The van der Waals surface area contributed by atoms with Gasteiger partial charge in [0.15, 0.2) is 0 Å². The van der Waals surface area contributed by atoms with Crippen molar-refractivity contribution in [2.75, 3.05) is 27.2 Å². The maximum Gasteiger partial charge on any atom is 0.315 e. The average molecular weight is 660 g/mol. The Hall–Kier alpha value is -4.15. The molecule has 1 saturated heterocycles. The van der Waals surface area contributed by atoms with Crippen LogP contribution in [0.1, 0.15) is 35.6 Å².